The third-order valence-electron chi connectivity index (χ3n) is 4.93. The first-order chi connectivity index (χ1) is 10.8. The van der Waals surface area contributed by atoms with Crippen molar-refractivity contribution in [3.63, 3.8) is 0 Å². The van der Waals surface area contributed by atoms with Crippen molar-refractivity contribution in [2.45, 2.75) is 26.2 Å². The van der Waals surface area contributed by atoms with E-state index in [2.05, 4.69) is 80.6 Å². The highest BCUT2D eigenvalue weighted by atomic mass is 14.1. The van der Waals surface area contributed by atoms with Gasteiger partial charge in [0.05, 0.1) is 0 Å². The van der Waals surface area contributed by atoms with Crippen molar-refractivity contribution in [3.8, 4) is 0 Å². The van der Waals surface area contributed by atoms with Crippen LogP contribution in [-0.2, 0) is 0 Å². The summed E-state index contributed by atoms with van der Waals surface area (Å²) >= 11 is 0. The van der Waals surface area contributed by atoms with E-state index in [0.717, 1.165) is 0 Å². The molecule has 22 heavy (non-hydrogen) atoms. The van der Waals surface area contributed by atoms with Gasteiger partial charge in [-0.15, -0.1) is 0 Å². The number of hydrogen-bond acceptors (Lipinski definition) is 0. The Labute approximate surface area is 131 Å². The average Bonchev–Trinajstić information content (AvgIpc) is 2.79. The topological polar surface area (TPSA) is 0 Å². The van der Waals surface area contributed by atoms with E-state index in [4.69, 9.17) is 0 Å². The summed E-state index contributed by atoms with van der Waals surface area (Å²) in [7, 11) is 0. The van der Waals surface area contributed by atoms with E-state index in [1.54, 1.807) is 0 Å². The summed E-state index contributed by atoms with van der Waals surface area (Å²) in [5.74, 6) is 0.593. The van der Waals surface area contributed by atoms with Crippen LogP contribution in [0.25, 0.3) is 32.3 Å². The third kappa shape index (κ3) is 1.99. The van der Waals surface area contributed by atoms with Gasteiger partial charge in [-0.3, -0.25) is 0 Å². The zero-order chi connectivity index (χ0) is 15.1. The summed E-state index contributed by atoms with van der Waals surface area (Å²) < 4.78 is 0. The Morgan fingerprint density at radius 2 is 1.50 bits per heavy atom. The summed E-state index contributed by atoms with van der Waals surface area (Å²) in [6, 6.07) is 24.6. The molecule has 4 aromatic carbocycles. The Bertz CT molecular complexity index is 979. The summed E-state index contributed by atoms with van der Waals surface area (Å²) in [6.07, 6.45) is 1.17. The average molecular weight is 284 g/mol. The first-order valence-electron chi connectivity index (χ1n) is 8.12. The van der Waals surface area contributed by atoms with E-state index < -0.39 is 0 Å². The Morgan fingerprint density at radius 3 is 2.36 bits per heavy atom. The van der Waals surface area contributed by atoms with Crippen LogP contribution in [0.15, 0.2) is 66.7 Å². The smallest absolute Gasteiger partial charge is 0.00929 e. The number of rotatable bonds is 2. The van der Waals surface area contributed by atoms with Gasteiger partial charge in [0.15, 0.2) is 0 Å². The normalized spacial score (nSPS) is 13.0. The Kier molecular flexibility index (Phi) is 3.11. The summed E-state index contributed by atoms with van der Waals surface area (Å²) in [4.78, 5) is 0. The molecule has 108 valence electrons. The van der Waals surface area contributed by atoms with E-state index in [-0.39, 0.29) is 0 Å². The van der Waals surface area contributed by atoms with Crippen molar-refractivity contribution >= 4 is 32.3 Å². The van der Waals surface area contributed by atoms with Gasteiger partial charge in [-0.25, -0.2) is 0 Å². The van der Waals surface area contributed by atoms with E-state index in [0.29, 0.717) is 5.92 Å². The molecule has 0 aliphatic heterocycles. The number of benzene rings is 2. The fourth-order valence-corrected chi connectivity index (χ4v) is 3.39. The monoisotopic (exact) mass is 284 g/mol. The van der Waals surface area contributed by atoms with Crippen molar-refractivity contribution in [2.75, 3.05) is 0 Å². The van der Waals surface area contributed by atoms with Crippen LogP contribution in [0, 0.1) is 0 Å². The second-order valence-electron chi connectivity index (χ2n) is 6.24. The predicted molar refractivity (Wildman–Crippen MR) is 97.7 cm³/mol. The standard InChI is InChI=1S/C22H20/c1-3-15(2)17-9-6-8-16-11-12-20-19-10-5-4-7-18(19)14-22(20)21(16)13-17/h4-15H,3H2,1-2H3. The molecule has 0 aliphatic rings. The van der Waals surface area contributed by atoms with Crippen molar-refractivity contribution in [3.05, 3.63) is 72.3 Å². The van der Waals surface area contributed by atoms with E-state index in [1.165, 1.54) is 44.3 Å². The predicted octanol–water partition coefficient (Wildman–Crippen LogP) is 6.66. The van der Waals surface area contributed by atoms with Crippen LogP contribution in [0.1, 0.15) is 31.7 Å². The maximum Gasteiger partial charge on any atom is -0.00929 e. The first kappa shape index (κ1) is 13.3. The van der Waals surface area contributed by atoms with E-state index >= 15 is 0 Å². The molecule has 1 unspecified atom stereocenters. The molecule has 0 saturated carbocycles. The lowest BCUT2D eigenvalue weighted by Crippen LogP contribution is -1.88. The molecule has 4 rings (SSSR count). The minimum Gasteiger partial charge on any atom is -0.0648 e. The molecule has 0 nitrogen and oxygen atoms in total. The van der Waals surface area contributed by atoms with Gasteiger partial charge >= 0.3 is 0 Å². The molecule has 0 amide bonds. The Hall–Kier alpha value is -2.34. The molecular formula is C22H20. The van der Waals surface area contributed by atoms with Gasteiger partial charge in [-0.05, 0) is 56.3 Å². The highest BCUT2D eigenvalue weighted by Crippen LogP contribution is 2.34. The van der Waals surface area contributed by atoms with Crippen LogP contribution in [0.3, 0.4) is 0 Å². The second-order valence-corrected chi connectivity index (χ2v) is 6.24. The molecule has 0 saturated heterocycles. The molecular weight excluding hydrogens is 264 g/mol. The number of fused-ring (bicyclic) bond motifs is 5. The first-order valence-corrected chi connectivity index (χ1v) is 8.12. The molecule has 0 bridgehead atoms. The molecule has 0 spiro atoms. The van der Waals surface area contributed by atoms with Crippen molar-refractivity contribution < 1.29 is 0 Å². The van der Waals surface area contributed by atoms with Gasteiger partial charge in [-0.1, -0.05) is 74.5 Å². The van der Waals surface area contributed by atoms with Gasteiger partial charge in [0, 0.05) is 0 Å². The molecule has 0 N–H and O–H groups in total. The van der Waals surface area contributed by atoms with E-state index in [1.807, 2.05) is 0 Å². The van der Waals surface area contributed by atoms with Gasteiger partial charge in [0.1, 0.15) is 0 Å². The quantitative estimate of drug-likeness (QED) is 0.386. The highest BCUT2D eigenvalue weighted by molar-refractivity contribution is 6.20. The highest BCUT2D eigenvalue weighted by Gasteiger charge is 2.08. The molecule has 0 heterocycles. The van der Waals surface area contributed by atoms with Crippen molar-refractivity contribution in [1.29, 1.82) is 0 Å². The minimum atomic E-state index is 0.593. The summed E-state index contributed by atoms with van der Waals surface area (Å²) in [5, 5.41) is 8.12. The van der Waals surface area contributed by atoms with Crippen LogP contribution >= 0.6 is 0 Å². The molecule has 0 heteroatoms. The Balaban J connectivity index is 2.15. The van der Waals surface area contributed by atoms with Gasteiger partial charge < -0.3 is 0 Å². The Morgan fingerprint density at radius 1 is 0.682 bits per heavy atom. The largest absolute Gasteiger partial charge is 0.0648 e. The fraction of sp³-hybridized carbons (Fsp3) is 0.182. The zero-order valence-electron chi connectivity index (χ0n) is 13.1. The molecule has 0 aromatic heterocycles. The van der Waals surface area contributed by atoms with Gasteiger partial charge in [0.2, 0.25) is 0 Å². The van der Waals surface area contributed by atoms with Crippen molar-refractivity contribution in [2.24, 2.45) is 0 Å². The lowest BCUT2D eigenvalue weighted by Gasteiger charge is -2.06. The summed E-state index contributed by atoms with van der Waals surface area (Å²) in [5.41, 5.74) is 1.43. The van der Waals surface area contributed by atoms with Crippen LogP contribution in [0.2, 0.25) is 0 Å². The lowest BCUT2D eigenvalue weighted by atomic mass is 9.98. The van der Waals surface area contributed by atoms with Crippen molar-refractivity contribution in [1.82, 2.24) is 0 Å². The van der Waals surface area contributed by atoms with E-state index in [9.17, 15) is 0 Å². The van der Waals surface area contributed by atoms with Crippen LogP contribution in [0.5, 0.6) is 0 Å². The minimum absolute atomic E-state index is 0.593. The summed E-state index contributed by atoms with van der Waals surface area (Å²) in [6.45, 7) is 4.56. The number of hydrogen-bond donors (Lipinski definition) is 0. The van der Waals surface area contributed by atoms with Crippen LogP contribution in [0.4, 0.5) is 0 Å². The van der Waals surface area contributed by atoms with Gasteiger partial charge in [-0.2, -0.15) is 0 Å². The van der Waals surface area contributed by atoms with Crippen LogP contribution < -0.4 is 0 Å². The third-order valence-corrected chi connectivity index (χ3v) is 4.93. The lowest BCUT2D eigenvalue weighted by molar-refractivity contribution is 0.735. The molecule has 1 atom stereocenters. The van der Waals surface area contributed by atoms with Crippen LogP contribution in [-0.4, -0.2) is 0 Å². The molecule has 4 aromatic rings. The fourth-order valence-electron chi connectivity index (χ4n) is 3.39. The maximum absolute atomic E-state index is 2.39. The SMILES string of the molecule is CCC(C)c1cccc2ccc3c4ccccc4cc3c2c1. The molecule has 0 aliphatic carbocycles. The van der Waals surface area contributed by atoms with Gasteiger partial charge in [0.25, 0.3) is 0 Å². The molecule has 0 fully saturated rings. The maximum atomic E-state index is 2.39. The second kappa shape index (κ2) is 5.14. The zero-order valence-corrected chi connectivity index (χ0v) is 13.1. The molecule has 0 radical (unpaired) electrons.